The molecule has 2 amide bonds. The van der Waals surface area contributed by atoms with Crippen molar-refractivity contribution >= 4 is 33.4 Å². The zero-order valence-corrected chi connectivity index (χ0v) is 19.6. The summed E-state index contributed by atoms with van der Waals surface area (Å²) in [6, 6.07) is 12.9. The van der Waals surface area contributed by atoms with Crippen molar-refractivity contribution in [1.29, 1.82) is 0 Å². The molecule has 2 aromatic rings. The Kier molecular flexibility index (Phi) is 7.83. The van der Waals surface area contributed by atoms with E-state index in [0.717, 1.165) is 5.56 Å². The molecule has 1 aliphatic rings. The molecule has 10 heteroatoms. The number of benzene rings is 2. The fraction of sp³-hybridized carbons (Fsp3) is 0.348. The first-order valence-electron chi connectivity index (χ1n) is 10.6. The van der Waals surface area contributed by atoms with Gasteiger partial charge in [-0.2, -0.15) is 0 Å². The van der Waals surface area contributed by atoms with Crippen LogP contribution in [0.2, 0.25) is 0 Å². The SMILES string of the molecule is CC[C@H](C)[C@H](N=C1NS(=O)(=O)c2ccccc21)C(=O)NCc1cccc(NC(=O)COC)c1. The van der Waals surface area contributed by atoms with Gasteiger partial charge in [-0.05, 0) is 35.7 Å². The molecule has 1 aliphatic heterocycles. The number of nitrogens with zero attached hydrogens (tertiary/aromatic N) is 1. The van der Waals surface area contributed by atoms with Gasteiger partial charge in [0, 0.05) is 24.9 Å². The summed E-state index contributed by atoms with van der Waals surface area (Å²) in [5, 5.41) is 5.60. The molecule has 1 heterocycles. The minimum atomic E-state index is -3.69. The lowest BCUT2D eigenvalue weighted by Gasteiger charge is -2.19. The van der Waals surface area contributed by atoms with Crippen LogP contribution in [0.15, 0.2) is 58.4 Å². The monoisotopic (exact) mass is 472 g/mol. The number of hydrogen-bond donors (Lipinski definition) is 3. The lowest BCUT2D eigenvalue weighted by Crippen LogP contribution is -2.38. The van der Waals surface area contributed by atoms with E-state index in [-0.39, 0.29) is 41.6 Å². The van der Waals surface area contributed by atoms with E-state index in [1.807, 2.05) is 19.9 Å². The molecule has 176 valence electrons. The molecule has 3 rings (SSSR count). The van der Waals surface area contributed by atoms with Gasteiger partial charge in [0.1, 0.15) is 18.5 Å². The first-order valence-corrected chi connectivity index (χ1v) is 12.1. The molecule has 0 aromatic heterocycles. The van der Waals surface area contributed by atoms with Crippen LogP contribution in [0.4, 0.5) is 5.69 Å². The van der Waals surface area contributed by atoms with Gasteiger partial charge in [-0.3, -0.25) is 19.3 Å². The number of carbonyl (C=O) groups is 2. The van der Waals surface area contributed by atoms with Gasteiger partial charge in [0.25, 0.3) is 10.0 Å². The predicted molar refractivity (Wildman–Crippen MR) is 125 cm³/mol. The fourth-order valence-corrected chi connectivity index (χ4v) is 4.66. The molecule has 0 saturated heterocycles. The maximum absolute atomic E-state index is 13.0. The number of fused-ring (bicyclic) bond motifs is 1. The molecule has 3 N–H and O–H groups in total. The van der Waals surface area contributed by atoms with Crippen molar-refractivity contribution in [2.24, 2.45) is 10.9 Å². The van der Waals surface area contributed by atoms with E-state index in [0.29, 0.717) is 17.7 Å². The van der Waals surface area contributed by atoms with Crippen LogP contribution < -0.4 is 15.4 Å². The van der Waals surface area contributed by atoms with E-state index in [4.69, 9.17) is 4.74 Å². The molecule has 0 saturated carbocycles. The first kappa shape index (κ1) is 24.4. The van der Waals surface area contributed by atoms with E-state index < -0.39 is 16.1 Å². The number of rotatable bonds is 9. The highest BCUT2D eigenvalue weighted by atomic mass is 32.2. The van der Waals surface area contributed by atoms with Crippen LogP contribution >= 0.6 is 0 Å². The highest BCUT2D eigenvalue weighted by Crippen LogP contribution is 2.24. The Balaban J connectivity index is 1.76. The number of hydrogen-bond acceptors (Lipinski definition) is 6. The quantitative estimate of drug-likeness (QED) is 0.515. The van der Waals surface area contributed by atoms with E-state index in [2.05, 4.69) is 20.3 Å². The number of aliphatic imine (C=N–C) groups is 1. The van der Waals surface area contributed by atoms with Crippen molar-refractivity contribution in [2.45, 2.75) is 37.8 Å². The Morgan fingerprint density at radius 1 is 1.15 bits per heavy atom. The summed E-state index contributed by atoms with van der Waals surface area (Å²) in [5.41, 5.74) is 1.85. The second-order valence-corrected chi connectivity index (χ2v) is 9.46. The Bertz CT molecular complexity index is 1160. The van der Waals surface area contributed by atoms with Gasteiger partial charge >= 0.3 is 0 Å². The summed E-state index contributed by atoms with van der Waals surface area (Å²) in [5.74, 6) is -0.525. The smallest absolute Gasteiger partial charge is 0.263 e. The van der Waals surface area contributed by atoms with Crippen LogP contribution in [0.3, 0.4) is 0 Å². The van der Waals surface area contributed by atoms with Gasteiger partial charge in [0.15, 0.2) is 0 Å². The summed E-state index contributed by atoms with van der Waals surface area (Å²) in [6.07, 6.45) is 0.685. The van der Waals surface area contributed by atoms with Crippen LogP contribution in [0.5, 0.6) is 0 Å². The van der Waals surface area contributed by atoms with Gasteiger partial charge in [0.05, 0.1) is 4.90 Å². The highest BCUT2D eigenvalue weighted by molar-refractivity contribution is 7.90. The number of nitrogens with one attached hydrogen (secondary N) is 3. The molecular weight excluding hydrogens is 444 g/mol. The van der Waals surface area contributed by atoms with Gasteiger partial charge < -0.3 is 15.4 Å². The maximum Gasteiger partial charge on any atom is 0.263 e. The molecule has 33 heavy (non-hydrogen) atoms. The topological polar surface area (TPSA) is 126 Å². The average Bonchev–Trinajstić information content (AvgIpc) is 3.05. The van der Waals surface area contributed by atoms with Crippen LogP contribution in [-0.4, -0.2) is 45.8 Å². The molecule has 0 aliphatic carbocycles. The number of methoxy groups -OCH3 is 1. The zero-order valence-electron chi connectivity index (χ0n) is 18.8. The minimum Gasteiger partial charge on any atom is -0.375 e. The average molecular weight is 473 g/mol. The van der Waals surface area contributed by atoms with Crippen molar-refractivity contribution in [3.8, 4) is 0 Å². The third kappa shape index (κ3) is 5.96. The van der Waals surface area contributed by atoms with Crippen molar-refractivity contribution in [2.75, 3.05) is 19.0 Å². The molecule has 0 bridgehead atoms. The molecular formula is C23H28N4O5S. The van der Waals surface area contributed by atoms with Gasteiger partial charge in [-0.15, -0.1) is 0 Å². The number of amidine groups is 1. The lowest BCUT2D eigenvalue weighted by molar-refractivity contribution is -0.123. The standard InChI is InChI=1S/C23H28N4O5S/c1-4-15(2)21(26-22-18-10-5-6-11-19(18)33(30,31)27-22)23(29)24-13-16-8-7-9-17(12-16)25-20(28)14-32-3/h5-12,15,21H,4,13-14H2,1-3H3,(H,24,29)(H,25,28)(H,26,27)/t15-,21-/m0/s1. The van der Waals surface area contributed by atoms with Crippen molar-refractivity contribution in [1.82, 2.24) is 10.0 Å². The van der Waals surface area contributed by atoms with Gasteiger partial charge in [0.2, 0.25) is 11.8 Å². The third-order valence-electron chi connectivity index (χ3n) is 5.34. The largest absolute Gasteiger partial charge is 0.375 e. The second kappa shape index (κ2) is 10.6. The van der Waals surface area contributed by atoms with Crippen LogP contribution in [-0.2, 0) is 30.9 Å². The van der Waals surface area contributed by atoms with Crippen LogP contribution in [0.25, 0.3) is 0 Å². The number of sulfonamides is 1. The Hall–Kier alpha value is -3.24. The van der Waals surface area contributed by atoms with Gasteiger partial charge in [-0.1, -0.05) is 44.5 Å². The van der Waals surface area contributed by atoms with E-state index in [1.165, 1.54) is 13.2 Å². The number of carbonyl (C=O) groups excluding carboxylic acids is 2. The number of anilines is 1. The highest BCUT2D eigenvalue weighted by Gasteiger charge is 2.33. The van der Waals surface area contributed by atoms with E-state index in [1.54, 1.807) is 36.4 Å². The Morgan fingerprint density at radius 2 is 1.91 bits per heavy atom. The third-order valence-corrected chi connectivity index (χ3v) is 6.73. The first-order chi connectivity index (χ1) is 15.7. The molecule has 2 aromatic carbocycles. The van der Waals surface area contributed by atoms with E-state index in [9.17, 15) is 18.0 Å². The molecule has 0 radical (unpaired) electrons. The molecule has 2 atom stereocenters. The van der Waals surface area contributed by atoms with Crippen molar-refractivity contribution in [3.05, 3.63) is 59.7 Å². The molecule has 9 nitrogen and oxygen atoms in total. The second-order valence-electron chi connectivity index (χ2n) is 7.81. The summed E-state index contributed by atoms with van der Waals surface area (Å²) in [4.78, 5) is 29.4. The molecule has 0 fully saturated rings. The zero-order chi connectivity index (χ0) is 24.0. The Morgan fingerprint density at radius 3 is 2.64 bits per heavy atom. The molecule has 0 unspecified atom stereocenters. The van der Waals surface area contributed by atoms with Crippen molar-refractivity contribution in [3.63, 3.8) is 0 Å². The maximum atomic E-state index is 13.0. The van der Waals surface area contributed by atoms with Crippen molar-refractivity contribution < 1.29 is 22.7 Å². The summed E-state index contributed by atoms with van der Waals surface area (Å²) in [7, 11) is -2.25. The fourth-order valence-electron chi connectivity index (χ4n) is 3.42. The number of amides is 2. The normalized spacial score (nSPS) is 17.0. The predicted octanol–water partition coefficient (Wildman–Crippen LogP) is 2.04. The number of ether oxygens (including phenoxy) is 1. The van der Waals surface area contributed by atoms with Crippen LogP contribution in [0, 0.1) is 5.92 Å². The van der Waals surface area contributed by atoms with Gasteiger partial charge in [-0.25, -0.2) is 8.42 Å². The lowest BCUT2D eigenvalue weighted by atomic mass is 9.98. The summed E-state index contributed by atoms with van der Waals surface area (Å²) in [6.45, 7) is 4.03. The minimum absolute atomic E-state index is 0.0508. The Labute approximate surface area is 193 Å². The van der Waals surface area contributed by atoms with Crippen LogP contribution in [0.1, 0.15) is 31.4 Å². The summed E-state index contributed by atoms with van der Waals surface area (Å²) < 4.78 is 32.0. The molecule has 0 spiro atoms. The summed E-state index contributed by atoms with van der Waals surface area (Å²) >= 11 is 0. The van der Waals surface area contributed by atoms with E-state index >= 15 is 0 Å².